The predicted octanol–water partition coefficient (Wildman–Crippen LogP) is 4.78. The van der Waals surface area contributed by atoms with Crippen LogP contribution in [0, 0.1) is 0 Å². The molecule has 0 fully saturated rings. The van der Waals surface area contributed by atoms with Gasteiger partial charge in [0.15, 0.2) is 0 Å². The molecule has 16 heavy (non-hydrogen) atoms. The normalized spacial score (nSPS) is 11.6. The lowest BCUT2D eigenvalue weighted by Crippen LogP contribution is -1.79. The first-order valence-electron chi connectivity index (χ1n) is 5.52. The zero-order valence-corrected chi connectivity index (χ0v) is 9.60. The second-order valence-electron chi connectivity index (χ2n) is 3.55. The minimum atomic E-state index is 1.00. The standard InChI is InChI=1S/C16H18/c1-3-5-10-15(11-6-4-2)14-16-12-8-7-9-13-16/h3-5,7-10,12-14H,1-2,6,11H2. The molecule has 0 amide bonds. The number of rotatable bonds is 6. The van der Waals surface area contributed by atoms with E-state index < -0.39 is 0 Å². The first kappa shape index (κ1) is 12.3. The van der Waals surface area contributed by atoms with Crippen LogP contribution in [-0.2, 0) is 0 Å². The molecule has 0 radical (unpaired) electrons. The molecule has 0 heteroatoms. The fourth-order valence-electron chi connectivity index (χ4n) is 1.43. The summed E-state index contributed by atoms with van der Waals surface area (Å²) in [6, 6.07) is 10.3. The summed E-state index contributed by atoms with van der Waals surface area (Å²) >= 11 is 0. The van der Waals surface area contributed by atoms with Gasteiger partial charge < -0.3 is 0 Å². The molecule has 1 aromatic carbocycles. The highest BCUT2D eigenvalue weighted by molar-refractivity contribution is 5.55. The summed E-state index contributed by atoms with van der Waals surface area (Å²) in [6.45, 7) is 7.43. The Morgan fingerprint density at radius 3 is 2.50 bits per heavy atom. The third kappa shape index (κ3) is 4.61. The van der Waals surface area contributed by atoms with E-state index in [2.05, 4.69) is 37.4 Å². The molecule has 1 aromatic rings. The molecule has 1 rings (SSSR count). The van der Waals surface area contributed by atoms with Gasteiger partial charge in [-0.3, -0.25) is 0 Å². The fourth-order valence-corrected chi connectivity index (χ4v) is 1.43. The van der Waals surface area contributed by atoms with E-state index in [1.165, 1.54) is 11.1 Å². The van der Waals surface area contributed by atoms with E-state index in [0.717, 1.165) is 12.8 Å². The highest BCUT2D eigenvalue weighted by Crippen LogP contribution is 2.13. The van der Waals surface area contributed by atoms with Crippen LogP contribution in [-0.4, -0.2) is 0 Å². The molecule has 82 valence electrons. The highest BCUT2D eigenvalue weighted by Gasteiger charge is 1.92. The van der Waals surface area contributed by atoms with Gasteiger partial charge in [-0.2, -0.15) is 0 Å². The van der Waals surface area contributed by atoms with E-state index in [1.807, 2.05) is 30.4 Å². The molecular weight excluding hydrogens is 192 g/mol. The van der Waals surface area contributed by atoms with Crippen LogP contribution in [0.15, 0.2) is 73.4 Å². The van der Waals surface area contributed by atoms with Crippen molar-refractivity contribution in [2.24, 2.45) is 0 Å². The molecule has 0 aliphatic rings. The molecule has 0 saturated carbocycles. The van der Waals surface area contributed by atoms with Gasteiger partial charge in [0.05, 0.1) is 0 Å². The van der Waals surface area contributed by atoms with Crippen molar-refractivity contribution in [1.82, 2.24) is 0 Å². The van der Waals surface area contributed by atoms with Crippen molar-refractivity contribution >= 4 is 6.08 Å². The van der Waals surface area contributed by atoms with Crippen molar-refractivity contribution in [1.29, 1.82) is 0 Å². The topological polar surface area (TPSA) is 0 Å². The van der Waals surface area contributed by atoms with Gasteiger partial charge in [0.2, 0.25) is 0 Å². The maximum absolute atomic E-state index is 3.75. The summed E-state index contributed by atoms with van der Waals surface area (Å²) in [5.41, 5.74) is 2.53. The average Bonchev–Trinajstić information content (AvgIpc) is 2.34. The molecule has 0 N–H and O–H groups in total. The summed E-state index contributed by atoms with van der Waals surface area (Å²) < 4.78 is 0. The molecule has 0 atom stereocenters. The molecule has 0 bridgehead atoms. The van der Waals surface area contributed by atoms with E-state index in [4.69, 9.17) is 0 Å². The van der Waals surface area contributed by atoms with Crippen molar-refractivity contribution < 1.29 is 0 Å². The molecule has 0 spiro atoms. The van der Waals surface area contributed by atoms with E-state index in [9.17, 15) is 0 Å². The largest absolute Gasteiger partial charge is 0.103 e. The van der Waals surface area contributed by atoms with Crippen LogP contribution < -0.4 is 0 Å². The van der Waals surface area contributed by atoms with Crippen LogP contribution in [0.2, 0.25) is 0 Å². The average molecular weight is 210 g/mol. The zero-order valence-electron chi connectivity index (χ0n) is 9.60. The van der Waals surface area contributed by atoms with Gasteiger partial charge in [0.1, 0.15) is 0 Å². The van der Waals surface area contributed by atoms with Gasteiger partial charge in [-0.15, -0.1) is 6.58 Å². The minimum absolute atomic E-state index is 1.00. The molecule has 0 nitrogen and oxygen atoms in total. The van der Waals surface area contributed by atoms with Crippen LogP contribution in [0.4, 0.5) is 0 Å². The Kier molecular flexibility index (Phi) is 5.72. The van der Waals surface area contributed by atoms with Gasteiger partial charge >= 0.3 is 0 Å². The molecule has 0 heterocycles. The van der Waals surface area contributed by atoms with Crippen molar-refractivity contribution in [2.45, 2.75) is 12.8 Å². The van der Waals surface area contributed by atoms with E-state index >= 15 is 0 Å². The monoisotopic (exact) mass is 210 g/mol. The molecule has 0 aromatic heterocycles. The second kappa shape index (κ2) is 7.47. The summed E-state index contributed by atoms with van der Waals surface area (Å²) in [6.07, 6.45) is 12.0. The van der Waals surface area contributed by atoms with Crippen molar-refractivity contribution in [2.75, 3.05) is 0 Å². The number of hydrogen-bond donors (Lipinski definition) is 0. The Hall–Kier alpha value is -1.82. The van der Waals surface area contributed by atoms with Gasteiger partial charge in [-0.1, -0.05) is 67.3 Å². The zero-order chi connectivity index (χ0) is 11.6. The van der Waals surface area contributed by atoms with Crippen LogP contribution in [0.5, 0.6) is 0 Å². The number of allylic oxidation sites excluding steroid dienone is 5. The molecule has 0 aliphatic heterocycles. The van der Waals surface area contributed by atoms with Gasteiger partial charge in [-0.25, -0.2) is 0 Å². The van der Waals surface area contributed by atoms with E-state index in [0.29, 0.717) is 0 Å². The van der Waals surface area contributed by atoms with Gasteiger partial charge in [0.25, 0.3) is 0 Å². The van der Waals surface area contributed by atoms with Crippen LogP contribution in [0.25, 0.3) is 6.08 Å². The number of hydrogen-bond acceptors (Lipinski definition) is 0. The highest BCUT2D eigenvalue weighted by atomic mass is 14.0. The van der Waals surface area contributed by atoms with Crippen molar-refractivity contribution in [3.63, 3.8) is 0 Å². The number of benzene rings is 1. The Labute approximate surface area is 98.3 Å². The smallest absolute Gasteiger partial charge is 0.0244 e. The van der Waals surface area contributed by atoms with Crippen LogP contribution in [0.3, 0.4) is 0 Å². The second-order valence-corrected chi connectivity index (χ2v) is 3.55. The lowest BCUT2D eigenvalue weighted by molar-refractivity contribution is 1.02. The predicted molar refractivity (Wildman–Crippen MR) is 73.2 cm³/mol. The summed E-state index contributed by atoms with van der Waals surface area (Å²) in [4.78, 5) is 0. The van der Waals surface area contributed by atoms with Crippen molar-refractivity contribution in [3.05, 3.63) is 78.9 Å². The van der Waals surface area contributed by atoms with Crippen LogP contribution in [0.1, 0.15) is 18.4 Å². The first-order valence-corrected chi connectivity index (χ1v) is 5.52. The fraction of sp³-hybridized carbons (Fsp3) is 0.125. The summed E-state index contributed by atoms with van der Waals surface area (Å²) in [5.74, 6) is 0. The van der Waals surface area contributed by atoms with Crippen molar-refractivity contribution in [3.8, 4) is 0 Å². The Bertz CT molecular complexity index is 380. The molecule has 0 saturated heterocycles. The lowest BCUT2D eigenvalue weighted by Gasteiger charge is -2.00. The van der Waals surface area contributed by atoms with Gasteiger partial charge in [-0.05, 0) is 24.0 Å². The molecular formula is C16H18. The SMILES string of the molecule is C=CC=CC(=Cc1ccccc1)CCC=C. The maximum Gasteiger partial charge on any atom is -0.0244 e. The third-order valence-corrected chi connectivity index (χ3v) is 2.24. The maximum atomic E-state index is 3.75. The Morgan fingerprint density at radius 2 is 1.88 bits per heavy atom. The van der Waals surface area contributed by atoms with E-state index in [-0.39, 0.29) is 0 Å². The summed E-state index contributed by atoms with van der Waals surface area (Å²) in [5, 5.41) is 0. The third-order valence-electron chi connectivity index (χ3n) is 2.24. The summed E-state index contributed by atoms with van der Waals surface area (Å²) in [7, 11) is 0. The van der Waals surface area contributed by atoms with Crippen LogP contribution >= 0.6 is 0 Å². The quantitative estimate of drug-likeness (QED) is 0.468. The first-order chi connectivity index (χ1) is 7.86. The lowest BCUT2D eigenvalue weighted by atomic mass is 10.1. The minimum Gasteiger partial charge on any atom is -0.103 e. The Morgan fingerprint density at radius 1 is 1.12 bits per heavy atom. The Balaban J connectivity index is 2.82. The van der Waals surface area contributed by atoms with Gasteiger partial charge in [0, 0.05) is 0 Å². The van der Waals surface area contributed by atoms with E-state index in [1.54, 1.807) is 6.08 Å². The molecule has 0 aliphatic carbocycles. The molecule has 0 unspecified atom stereocenters.